The molecule has 88 valence electrons. The lowest BCUT2D eigenvalue weighted by molar-refractivity contribution is -0.137. The van der Waals surface area contributed by atoms with Crippen molar-refractivity contribution in [2.24, 2.45) is 5.92 Å². The Hall–Kier alpha value is -1.10. The van der Waals surface area contributed by atoms with E-state index in [1.165, 1.54) is 0 Å². The van der Waals surface area contributed by atoms with E-state index in [4.69, 9.17) is 5.11 Å². The van der Waals surface area contributed by atoms with E-state index in [0.29, 0.717) is 5.92 Å². The molecule has 1 aromatic heterocycles. The van der Waals surface area contributed by atoms with Crippen molar-refractivity contribution >= 4 is 22.4 Å². The van der Waals surface area contributed by atoms with Crippen LogP contribution in [0.3, 0.4) is 0 Å². The molecule has 1 atom stereocenters. The minimum atomic E-state index is -0.739. The number of aliphatic carboxylic acids is 1. The van der Waals surface area contributed by atoms with Crippen molar-refractivity contribution in [3.05, 3.63) is 11.1 Å². The predicted octanol–water partition coefficient (Wildman–Crippen LogP) is 2.37. The van der Waals surface area contributed by atoms with Gasteiger partial charge in [0, 0.05) is 11.4 Å². The van der Waals surface area contributed by atoms with Crippen LogP contribution in [0.25, 0.3) is 0 Å². The summed E-state index contributed by atoms with van der Waals surface area (Å²) < 4.78 is 0. The van der Waals surface area contributed by atoms with E-state index in [2.05, 4.69) is 17.2 Å². The van der Waals surface area contributed by atoms with Crippen molar-refractivity contribution in [1.29, 1.82) is 0 Å². The SMILES string of the molecule is CCc1csc(NC(CC(=O)O)C2CC2)n1. The average Bonchev–Trinajstić information content (AvgIpc) is 2.98. The van der Waals surface area contributed by atoms with Crippen molar-refractivity contribution in [2.75, 3.05) is 5.32 Å². The molecule has 0 spiro atoms. The summed E-state index contributed by atoms with van der Waals surface area (Å²) >= 11 is 1.56. The molecule has 2 rings (SSSR count). The molecule has 1 aliphatic rings. The molecule has 5 heteroatoms. The minimum Gasteiger partial charge on any atom is -0.481 e. The number of nitrogens with zero attached hydrogens (tertiary/aromatic N) is 1. The summed E-state index contributed by atoms with van der Waals surface area (Å²) in [5, 5.41) is 15.0. The Labute approximate surface area is 98.7 Å². The number of thiazole rings is 1. The van der Waals surface area contributed by atoms with E-state index in [9.17, 15) is 4.79 Å². The zero-order chi connectivity index (χ0) is 11.5. The van der Waals surface area contributed by atoms with E-state index in [-0.39, 0.29) is 12.5 Å². The van der Waals surface area contributed by atoms with Gasteiger partial charge in [-0.2, -0.15) is 0 Å². The highest BCUT2D eigenvalue weighted by atomic mass is 32.1. The van der Waals surface area contributed by atoms with E-state index in [1.54, 1.807) is 11.3 Å². The number of carboxylic acids is 1. The first kappa shape index (κ1) is 11.4. The molecule has 1 heterocycles. The Morgan fingerprint density at radius 2 is 2.50 bits per heavy atom. The van der Waals surface area contributed by atoms with Crippen LogP contribution >= 0.6 is 11.3 Å². The lowest BCUT2D eigenvalue weighted by atomic mass is 10.1. The Balaban J connectivity index is 1.96. The van der Waals surface area contributed by atoms with Gasteiger partial charge in [0.2, 0.25) is 0 Å². The summed E-state index contributed by atoms with van der Waals surface area (Å²) in [6, 6.07) is 0.0494. The molecule has 1 unspecified atom stereocenters. The molecule has 0 saturated heterocycles. The van der Waals surface area contributed by atoms with Gasteiger partial charge >= 0.3 is 5.97 Å². The third-order valence-electron chi connectivity index (χ3n) is 2.81. The van der Waals surface area contributed by atoms with Crippen molar-refractivity contribution in [2.45, 2.75) is 38.6 Å². The second-order valence-corrected chi connectivity index (χ2v) is 5.04. The summed E-state index contributed by atoms with van der Waals surface area (Å²) in [4.78, 5) is 15.1. The molecule has 0 bridgehead atoms. The molecule has 0 aliphatic heterocycles. The van der Waals surface area contributed by atoms with E-state index in [0.717, 1.165) is 30.1 Å². The summed E-state index contributed by atoms with van der Waals surface area (Å²) in [5.41, 5.74) is 1.07. The maximum Gasteiger partial charge on any atom is 0.305 e. The fraction of sp³-hybridized carbons (Fsp3) is 0.636. The molecule has 1 aromatic rings. The zero-order valence-electron chi connectivity index (χ0n) is 9.27. The first-order valence-corrected chi connectivity index (χ1v) is 6.49. The van der Waals surface area contributed by atoms with Gasteiger partial charge in [0.25, 0.3) is 0 Å². The number of aromatic nitrogens is 1. The highest BCUT2D eigenvalue weighted by molar-refractivity contribution is 7.13. The fourth-order valence-corrected chi connectivity index (χ4v) is 2.57. The number of anilines is 1. The number of hydrogen-bond acceptors (Lipinski definition) is 4. The van der Waals surface area contributed by atoms with Crippen LogP contribution in [0.4, 0.5) is 5.13 Å². The molecule has 0 aromatic carbocycles. The molecule has 1 aliphatic carbocycles. The molecular formula is C11H16N2O2S. The number of hydrogen-bond donors (Lipinski definition) is 2. The fourth-order valence-electron chi connectivity index (χ4n) is 1.72. The van der Waals surface area contributed by atoms with Crippen LogP contribution in [-0.2, 0) is 11.2 Å². The third-order valence-corrected chi connectivity index (χ3v) is 3.63. The Kier molecular flexibility index (Phi) is 3.43. The molecule has 16 heavy (non-hydrogen) atoms. The number of rotatable bonds is 6. The monoisotopic (exact) mass is 240 g/mol. The quantitative estimate of drug-likeness (QED) is 0.801. The van der Waals surface area contributed by atoms with Gasteiger partial charge in [0.1, 0.15) is 0 Å². The van der Waals surface area contributed by atoms with Gasteiger partial charge < -0.3 is 10.4 Å². The smallest absolute Gasteiger partial charge is 0.305 e. The van der Waals surface area contributed by atoms with Crippen LogP contribution in [-0.4, -0.2) is 22.1 Å². The Morgan fingerprint density at radius 3 is 3.00 bits per heavy atom. The van der Waals surface area contributed by atoms with E-state index >= 15 is 0 Å². The summed E-state index contributed by atoms with van der Waals surface area (Å²) in [7, 11) is 0. The van der Waals surface area contributed by atoms with Crippen molar-refractivity contribution in [1.82, 2.24) is 4.98 Å². The molecule has 4 nitrogen and oxygen atoms in total. The Bertz CT molecular complexity index is 374. The zero-order valence-corrected chi connectivity index (χ0v) is 10.1. The number of carboxylic acid groups (broad SMARTS) is 1. The molecule has 0 amide bonds. The lowest BCUT2D eigenvalue weighted by Gasteiger charge is -2.14. The van der Waals surface area contributed by atoms with Gasteiger partial charge in [-0.05, 0) is 25.2 Å². The van der Waals surface area contributed by atoms with Gasteiger partial charge in [0.15, 0.2) is 5.13 Å². The predicted molar refractivity (Wildman–Crippen MR) is 63.9 cm³/mol. The molecule has 1 fully saturated rings. The lowest BCUT2D eigenvalue weighted by Crippen LogP contribution is -2.25. The highest BCUT2D eigenvalue weighted by Gasteiger charge is 2.33. The number of nitrogens with one attached hydrogen (secondary N) is 1. The summed E-state index contributed by atoms with van der Waals surface area (Å²) in [5.74, 6) is -0.221. The van der Waals surface area contributed by atoms with Gasteiger partial charge in [-0.25, -0.2) is 4.98 Å². The summed E-state index contributed by atoms with van der Waals surface area (Å²) in [6.07, 6.45) is 3.38. The second-order valence-electron chi connectivity index (χ2n) is 4.18. The summed E-state index contributed by atoms with van der Waals surface area (Å²) in [6.45, 7) is 2.06. The Morgan fingerprint density at radius 1 is 1.75 bits per heavy atom. The van der Waals surface area contributed by atoms with Crippen LogP contribution in [0, 0.1) is 5.92 Å². The molecule has 2 N–H and O–H groups in total. The van der Waals surface area contributed by atoms with E-state index < -0.39 is 5.97 Å². The maximum absolute atomic E-state index is 10.7. The van der Waals surface area contributed by atoms with Gasteiger partial charge in [-0.1, -0.05) is 6.92 Å². The van der Waals surface area contributed by atoms with Crippen LogP contribution in [0.1, 0.15) is 31.9 Å². The van der Waals surface area contributed by atoms with Gasteiger partial charge in [-0.3, -0.25) is 4.79 Å². The molecular weight excluding hydrogens is 224 g/mol. The molecule has 1 saturated carbocycles. The normalized spacial score (nSPS) is 17.1. The van der Waals surface area contributed by atoms with E-state index in [1.807, 2.05) is 5.38 Å². The average molecular weight is 240 g/mol. The van der Waals surface area contributed by atoms with Crippen LogP contribution in [0.15, 0.2) is 5.38 Å². The third kappa shape index (κ3) is 2.95. The molecule has 0 radical (unpaired) electrons. The topological polar surface area (TPSA) is 62.2 Å². The standard InChI is InChI=1S/C11H16N2O2S/c1-2-8-6-16-11(12-8)13-9(5-10(14)15)7-3-4-7/h6-7,9H,2-5H2,1H3,(H,12,13)(H,14,15). The van der Waals surface area contributed by atoms with Gasteiger partial charge in [-0.15, -0.1) is 11.3 Å². The largest absolute Gasteiger partial charge is 0.481 e. The highest BCUT2D eigenvalue weighted by Crippen LogP contribution is 2.36. The number of aryl methyl sites for hydroxylation is 1. The van der Waals surface area contributed by atoms with Gasteiger partial charge in [0.05, 0.1) is 12.1 Å². The van der Waals surface area contributed by atoms with Crippen molar-refractivity contribution in [3.63, 3.8) is 0 Å². The van der Waals surface area contributed by atoms with Crippen LogP contribution in [0.2, 0.25) is 0 Å². The second kappa shape index (κ2) is 4.82. The first-order valence-electron chi connectivity index (χ1n) is 5.61. The maximum atomic E-state index is 10.7. The van der Waals surface area contributed by atoms with Crippen molar-refractivity contribution in [3.8, 4) is 0 Å². The van der Waals surface area contributed by atoms with Crippen LogP contribution in [0.5, 0.6) is 0 Å². The number of carbonyl (C=O) groups is 1. The van der Waals surface area contributed by atoms with Crippen LogP contribution < -0.4 is 5.32 Å². The minimum absolute atomic E-state index is 0.0494. The van der Waals surface area contributed by atoms with Crippen molar-refractivity contribution < 1.29 is 9.90 Å². The first-order chi connectivity index (χ1) is 7.69.